The fraction of sp³-hybridized carbons (Fsp3) is 0.429. The van der Waals surface area contributed by atoms with Crippen molar-refractivity contribution in [2.45, 2.75) is 31.3 Å². The molecule has 2 aliphatic rings. The Kier molecular flexibility index (Phi) is 4.98. The second-order valence-electron chi connectivity index (χ2n) is 7.64. The van der Waals surface area contributed by atoms with E-state index in [4.69, 9.17) is 4.74 Å². The molecule has 2 aliphatic heterocycles. The molecular formula is C21H24N4O3. The molecule has 0 bridgehead atoms. The predicted molar refractivity (Wildman–Crippen MR) is 103 cm³/mol. The van der Waals surface area contributed by atoms with Crippen LogP contribution in [-0.4, -0.2) is 63.8 Å². The molecule has 146 valence electrons. The monoisotopic (exact) mass is 380 g/mol. The Balaban J connectivity index is 1.36. The van der Waals surface area contributed by atoms with Crippen molar-refractivity contribution in [2.24, 2.45) is 0 Å². The molecule has 2 aromatic rings. The van der Waals surface area contributed by atoms with Gasteiger partial charge in [-0.25, -0.2) is 4.79 Å². The van der Waals surface area contributed by atoms with E-state index in [2.05, 4.69) is 29.3 Å². The molecule has 0 radical (unpaired) electrons. The number of hydrogen-bond donors (Lipinski definition) is 0. The van der Waals surface area contributed by atoms with Crippen LogP contribution >= 0.6 is 0 Å². The van der Waals surface area contributed by atoms with Crippen molar-refractivity contribution in [1.82, 2.24) is 20.0 Å². The Bertz CT molecular complexity index is 835. The Morgan fingerprint density at radius 2 is 1.93 bits per heavy atom. The fourth-order valence-corrected chi connectivity index (χ4v) is 4.01. The van der Waals surface area contributed by atoms with Crippen molar-refractivity contribution in [3.05, 3.63) is 59.9 Å². The second kappa shape index (κ2) is 7.58. The van der Waals surface area contributed by atoms with Crippen molar-refractivity contribution in [2.75, 3.05) is 26.2 Å². The number of likely N-dealkylation sites (tertiary alicyclic amines) is 1. The number of amides is 2. The van der Waals surface area contributed by atoms with Crippen molar-refractivity contribution in [3.8, 4) is 0 Å². The second-order valence-corrected chi connectivity index (χ2v) is 7.64. The van der Waals surface area contributed by atoms with Gasteiger partial charge in [0, 0.05) is 38.7 Å². The molecule has 28 heavy (non-hydrogen) atoms. The van der Waals surface area contributed by atoms with Crippen LogP contribution in [0.15, 0.2) is 48.7 Å². The van der Waals surface area contributed by atoms with E-state index in [-0.39, 0.29) is 17.9 Å². The molecule has 7 nitrogen and oxygen atoms in total. The summed E-state index contributed by atoms with van der Waals surface area (Å²) < 4.78 is 5.79. The fourth-order valence-electron chi connectivity index (χ4n) is 4.01. The number of ether oxygens (including phenoxy) is 1. The minimum Gasteiger partial charge on any atom is -0.441 e. The lowest BCUT2D eigenvalue weighted by Crippen LogP contribution is -2.49. The van der Waals surface area contributed by atoms with Gasteiger partial charge in [0.15, 0.2) is 5.69 Å². The van der Waals surface area contributed by atoms with E-state index in [0.29, 0.717) is 44.7 Å². The number of benzene rings is 1. The summed E-state index contributed by atoms with van der Waals surface area (Å²) in [5.41, 5.74) is 1.06. The van der Waals surface area contributed by atoms with Crippen LogP contribution in [-0.2, 0) is 4.74 Å². The van der Waals surface area contributed by atoms with Gasteiger partial charge in [-0.05, 0) is 23.6 Å². The van der Waals surface area contributed by atoms with Crippen LogP contribution in [0, 0.1) is 0 Å². The van der Waals surface area contributed by atoms with Crippen LogP contribution in [0.25, 0.3) is 0 Å². The number of rotatable bonds is 4. The largest absolute Gasteiger partial charge is 0.441 e. The van der Waals surface area contributed by atoms with E-state index in [0.717, 1.165) is 0 Å². The Morgan fingerprint density at radius 3 is 2.61 bits per heavy atom. The number of carbonyl (C=O) groups is 2. The summed E-state index contributed by atoms with van der Waals surface area (Å²) in [5.74, 6) is 0.115. The van der Waals surface area contributed by atoms with E-state index in [9.17, 15) is 9.59 Å². The number of carbonyl (C=O) groups excluding carboxylic acids is 2. The van der Waals surface area contributed by atoms with Crippen LogP contribution in [0.4, 0.5) is 4.79 Å². The maximum absolute atomic E-state index is 12.5. The Hall–Kier alpha value is -2.96. The predicted octanol–water partition coefficient (Wildman–Crippen LogP) is 2.71. The molecule has 1 spiro atoms. The molecule has 1 aromatic heterocycles. The number of hydrogen-bond acceptors (Lipinski definition) is 5. The van der Waals surface area contributed by atoms with Gasteiger partial charge in [-0.15, -0.1) is 5.10 Å². The van der Waals surface area contributed by atoms with Crippen molar-refractivity contribution < 1.29 is 14.3 Å². The molecule has 4 rings (SSSR count). The molecular weight excluding hydrogens is 356 g/mol. The van der Waals surface area contributed by atoms with E-state index in [1.54, 1.807) is 28.1 Å². The zero-order valence-electron chi connectivity index (χ0n) is 16.0. The number of aromatic nitrogens is 2. The van der Waals surface area contributed by atoms with Crippen LogP contribution < -0.4 is 0 Å². The molecule has 2 fully saturated rings. The Labute approximate surface area is 164 Å². The first-order valence-electron chi connectivity index (χ1n) is 9.66. The lowest BCUT2D eigenvalue weighted by molar-refractivity contribution is 0.00293. The van der Waals surface area contributed by atoms with Crippen LogP contribution in [0.3, 0.4) is 0 Å². The van der Waals surface area contributed by atoms with Crippen LogP contribution in [0.1, 0.15) is 41.7 Å². The maximum Gasteiger partial charge on any atom is 0.410 e. The summed E-state index contributed by atoms with van der Waals surface area (Å²) >= 11 is 0. The van der Waals surface area contributed by atoms with Crippen LogP contribution in [0.5, 0.6) is 0 Å². The molecule has 7 heteroatoms. The zero-order valence-corrected chi connectivity index (χ0v) is 16.0. The first kappa shape index (κ1) is 18.4. The summed E-state index contributed by atoms with van der Waals surface area (Å²) in [6.07, 6.45) is 2.57. The van der Waals surface area contributed by atoms with Gasteiger partial charge in [0.1, 0.15) is 5.60 Å². The summed E-state index contributed by atoms with van der Waals surface area (Å²) in [6.45, 7) is 4.42. The van der Waals surface area contributed by atoms with Gasteiger partial charge in [-0.2, -0.15) is 5.10 Å². The SMILES string of the molecule is C[C@H](CN1CC2(CCN(C(=O)c3cccnn3)CC2)OC1=O)c1ccccc1. The van der Waals surface area contributed by atoms with Gasteiger partial charge >= 0.3 is 6.09 Å². The lowest BCUT2D eigenvalue weighted by Gasteiger charge is -2.37. The molecule has 1 atom stereocenters. The third-order valence-electron chi connectivity index (χ3n) is 5.66. The van der Waals surface area contributed by atoms with Crippen molar-refractivity contribution in [1.29, 1.82) is 0 Å². The van der Waals surface area contributed by atoms with Gasteiger partial charge < -0.3 is 14.5 Å². The molecule has 2 saturated heterocycles. The number of nitrogens with zero attached hydrogens (tertiary/aromatic N) is 4. The minimum absolute atomic E-state index is 0.123. The normalized spacial score (nSPS) is 19.5. The molecule has 1 aromatic carbocycles. The molecule has 0 unspecified atom stereocenters. The van der Waals surface area contributed by atoms with E-state index < -0.39 is 5.60 Å². The Morgan fingerprint density at radius 1 is 1.18 bits per heavy atom. The van der Waals surface area contributed by atoms with Gasteiger partial charge in [-0.1, -0.05) is 37.3 Å². The highest BCUT2D eigenvalue weighted by atomic mass is 16.6. The highest BCUT2D eigenvalue weighted by Crippen LogP contribution is 2.34. The first-order valence-corrected chi connectivity index (χ1v) is 9.66. The quantitative estimate of drug-likeness (QED) is 0.815. The summed E-state index contributed by atoms with van der Waals surface area (Å²) in [7, 11) is 0. The number of piperidine rings is 1. The minimum atomic E-state index is -0.493. The standard InChI is InChI=1S/C21H24N4O3/c1-16(17-6-3-2-4-7-17)14-25-15-21(28-20(25)27)9-12-24(13-10-21)19(26)18-8-5-11-22-23-18/h2-8,11,16H,9-10,12-15H2,1H3/t16-/m1/s1. The van der Waals surface area contributed by atoms with Crippen molar-refractivity contribution >= 4 is 12.0 Å². The zero-order chi connectivity index (χ0) is 19.6. The average Bonchev–Trinajstić information content (AvgIpc) is 3.03. The highest BCUT2D eigenvalue weighted by molar-refractivity contribution is 5.92. The molecule has 2 amide bonds. The third-order valence-corrected chi connectivity index (χ3v) is 5.66. The molecule has 0 aliphatic carbocycles. The van der Waals surface area contributed by atoms with E-state index in [1.165, 1.54) is 5.56 Å². The highest BCUT2D eigenvalue weighted by Gasteiger charge is 2.47. The van der Waals surface area contributed by atoms with Gasteiger partial charge in [-0.3, -0.25) is 4.79 Å². The molecule has 0 N–H and O–H groups in total. The first-order chi connectivity index (χ1) is 13.6. The van der Waals surface area contributed by atoms with E-state index >= 15 is 0 Å². The summed E-state index contributed by atoms with van der Waals surface area (Å²) in [6, 6.07) is 13.6. The smallest absolute Gasteiger partial charge is 0.410 e. The van der Waals surface area contributed by atoms with Gasteiger partial charge in [0.25, 0.3) is 5.91 Å². The van der Waals surface area contributed by atoms with Gasteiger partial charge in [0.2, 0.25) is 0 Å². The maximum atomic E-state index is 12.5. The van der Waals surface area contributed by atoms with Crippen LogP contribution in [0.2, 0.25) is 0 Å². The topological polar surface area (TPSA) is 75.6 Å². The molecule has 3 heterocycles. The molecule has 0 saturated carbocycles. The van der Waals surface area contributed by atoms with E-state index in [1.807, 2.05) is 18.2 Å². The van der Waals surface area contributed by atoms with Gasteiger partial charge in [0.05, 0.1) is 6.54 Å². The average molecular weight is 380 g/mol. The summed E-state index contributed by atoms with van der Waals surface area (Å²) in [5, 5.41) is 7.66. The van der Waals surface area contributed by atoms with Crippen molar-refractivity contribution in [3.63, 3.8) is 0 Å². The third kappa shape index (κ3) is 3.69. The summed E-state index contributed by atoms with van der Waals surface area (Å²) in [4.78, 5) is 28.6. The lowest BCUT2D eigenvalue weighted by atomic mass is 9.90.